The topological polar surface area (TPSA) is 66.5 Å². The molecule has 0 bridgehead atoms. The Bertz CT molecular complexity index is 947. The highest BCUT2D eigenvalue weighted by atomic mass is 32.2. The zero-order valence-corrected chi connectivity index (χ0v) is 16.4. The minimum atomic E-state index is -3.32. The molecule has 0 radical (unpaired) electrons. The van der Waals surface area contributed by atoms with Crippen molar-refractivity contribution >= 4 is 27.3 Å². The molecule has 1 atom stereocenters. The minimum absolute atomic E-state index is 0.0611. The number of hydrogen-bond acceptors (Lipinski definition) is 3. The summed E-state index contributed by atoms with van der Waals surface area (Å²) in [5.74, 6) is -0.124. The summed E-state index contributed by atoms with van der Waals surface area (Å²) in [6.45, 7) is 7.46. The van der Waals surface area contributed by atoms with Gasteiger partial charge in [-0.2, -0.15) is 0 Å². The Hall–Kier alpha value is -2.34. The second-order valence-electron chi connectivity index (χ2n) is 6.81. The number of hydrogen-bond donors (Lipinski definition) is 1. The molecule has 6 heteroatoms. The molecule has 0 fully saturated rings. The van der Waals surface area contributed by atoms with Crippen LogP contribution in [-0.2, 0) is 16.4 Å². The average molecular weight is 372 g/mol. The van der Waals surface area contributed by atoms with Crippen molar-refractivity contribution in [3.63, 3.8) is 0 Å². The molecule has 0 saturated heterocycles. The van der Waals surface area contributed by atoms with Crippen molar-refractivity contribution in [1.82, 2.24) is 0 Å². The molecule has 2 aromatic carbocycles. The number of nitrogens with one attached hydrogen (secondary N) is 1. The molecule has 138 valence electrons. The van der Waals surface area contributed by atoms with E-state index >= 15 is 0 Å². The summed E-state index contributed by atoms with van der Waals surface area (Å²) in [6.07, 6.45) is 0.610. The number of carbonyl (C=O) groups is 1. The Labute approximate surface area is 155 Å². The van der Waals surface area contributed by atoms with Crippen molar-refractivity contribution in [2.45, 2.75) is 40.2 Å². The standard InChI is InChI=1S/C20H24N2O3S/c1-5-26(24,25)22-15(4)11-17-12-16(9-10-18(17)22)20(23)21-19-13(2)7-6-8-14(19)3/h6-10,12,15H,5,11H2,1-4H3,(H,21,23)/t15-/m0/s1. The molecule has 1 amide bonds. The lowest BCUT2D eigenvalue weighted by atomic mass is 10.1. The number of para-hydroxylation sites is 1. The van der Waals surface area contributed by atoms with Gasteiger partial charge in [-0.15, -0.1) is 0 Å². The van der Waals surface area contributed by atoms with Gasteiger partial charge < -0.3 is 5.32 Å². The maximum absolute atomic E-state index is 12.7. The van der Waals surface area contributed by atoms with Crippen LogP contribution in [0.1, 0.15) is 40.9 Å². The van der Waals surface area contributed by atoms with E-state index in [1.54, 1.807) is 25.1 Å². The van der Waals surface area contributed by atoms with Crippen molar-refractivity contribution in [3.8, 4) is 0 Å². The summed E-state index contributed by atoms with van der Waals surface area (Å²) < 4.78 is 26.2. The lowest BCUT2D eigenvalue weighted by Crippen LogP contribution is -2.36. The first-order valence-electron chi connectivity index (χ1n) is 8.77. The number of carbonyl (C=O) groups excluding carboxylic acids is 1. The molecule has 1 N–H and O–H groups in total. The highest BCUT2D eigenvalue weighted by Crippen LogP contribution is 2.35. The van der Waals surface area contributed by atoms with Gasteiger partial charge >= 0.3 is 0 Å². The summed E-state index contributed by atoms with van der Waals surface area (Å²) in [5.41, 5.74) is 4.95. The van der Waals surface area contributed by atoms with Crippen LogP contribution in [0.5, 0.6) is 0 Å². The van der Waals surface area contributed by atoms with Gasteiger partial charge in [0, 0.05) is 17.3 Å². The molecule has 1 aliphatic heterocycles. The first-order valence-corrected chi connectivity index (χ1v) is 10.4. The number of anilines is 2. The average Bonchev–Trinajstić information content (AvgIpc) is 2.93. The molecule has 3 rings (SSSR count). The molecular formula is C20H24N2O3S. The summed E-state index contributed by atoms with van der Waals surface area (Å²) in [6, 6.07) is 11.0. The molecule has 0 unspecified atom stereocenters. The fraction of sp³-hybridized carbons (Fsp3) is 0.350. The smallest absolute Gasteiger partial charge is 0.255 e. The molecule has 0 saturated carbocycles. The number of sulfonamides is 1. The van der Waals surface area contributed by atoms with Gasteiger partial charge in [0.15, 0.2) is 0 Å². The molecule has 2 aromatic rings. The number of amides is 1. The second-order valence-corrected chi connectivity index (χ2v) is 8.95. The van der Waals surface area contributed by atoms with E-state index in [9.17, 15) is 13.2 Å². The molecule has 0 spiro atoms. The Morgan fingerprint density at radius 3 is 2.46 bits per heavy atom. The largest absolute Gasteiger partial charge is 0.322 e. The molecule has 0 aromatic heterocycles. The van der Waals surface area contributed by atoms with E-state index in [0.717, 1.165) is 22.4 Å². The van der Waals surface area contributed by atoms with E-state index in [2.05, 4.69) is 5.32 Å². The lowest BCUT2D eigenvalue weighted by Gasteiger charge is -2.23. The van der Waals surface area contributed by atoms with E-state index in [1.165, 1.54) is 4.31 Å². The van der Waals surface area contributed by atoms with Crippen LogP contribution in [-0.4, -0.2) is 26.1 Å². The van der Waals surface area contributed by atoms with Crippen LogP contribution in [0.2, 0.25) is 0 Å². The molecular weight excluding hydrogens is 348 g/mol. The molecule has 1 aliphatic rings. The van der Waals surface area contributed by atoms with E-state index in [0.29, 0.717) is 17.7 Å². The van der Waals surface area contributed by atoms with E-state index in [-0.39, 0.29) is 17.7 Å². The zero-order valence-electron chi connectivity index (χ0n) is 15.5. The first-order chi connectivity index (χ1) is 12.2. The molecule has 5 nitrogen and oxygen atoms in total. The summed E-state index contributed by atoms with van der Waals surface area (Å²) >= 11 is 0. The van der Waals surface area contributed by atoms with Crippen LogP contribution in [0.3, 0.4) is 0 Å². The van der Waals surface area contributed by atoms with E-state index in [4.69, 9.17) is 0 Å². The summed E-state index contributed by atoms with van der Waals surface area (Å²) in [5, 5.41) is 2.98. The lowest BCUT2D eigenvalue weighted by molar-refractivity contribution is 0.102. The van der Waals surface area contributed by atoms with Gasteiger partial charge in [-0.3, -0.25) is 9.10 Å². The molecule has 26 heavy (non-hydrogen) atoms. The van der Waals surface area contributed by atoms with Crippen molar-refractivity contribution < 1.29 is 13.2 Å². The highest BCUT2D eigenvalue weighted by Gasteiger charge is 2.34. The SMILES string of the molecule is CCS(=O)(=O)N1c2ccc(C(=O)Nc3c(C)cccc3C)cc2C[C@@H]1C. The Morgan fingerprint density at radius 2 is 1.85 bits per heavy atom. The summed E-state index contributed by atoms with van der Waals surface area (Å²) in [7, 11) is -3.32. The number of aryl methyl sites for hydroxylation is 2. The predicted molar refractivity (Wildman–Crippen MR) is 105 cm³/mol. The van der Waals surface area contributed by atoms with Crippen molar-refractivity contribution in [2.75, 3.05) is 15.4 Å². The summed E-state index contributed by atoms with van der Waals surface area (Å²) in [4.78, 5) is 12.7. The van der Waals surface area contributed by atoms with Crippen LogP contribution in [0.4, 0.5) is 11.4 Å². The monoisotopic (exact) mass is 372 g/mol. The van der Waals surface area contributed by atoms with Crippen LogP contribution < -0.4 is 9.62 Å². The van der Waals surface area contributed by atoms with Crippen LogP contribution in [0.25, 0.3) is 0 Å². The highest BCUT2D eigenvalue weighted by molar-refractivity contribution is 7.92. The maximum Gasteiger partial charge on any atom is 0.255 e. The third-order valence-corrected chi connectivity index (χ3v) is 6.76. The van der Waals surface area contributed by atoms with Gasteiger partial charge in [-0.25, -0.2) is 8.42 Å². The zero-order chi connectivity index (χ0) is 19.1. The van der Waals surface area contributed by atoms with Crippen LogP contribution >= 0.6 is 0 Å². The van der Waals surface area contributed by atoms with Crippen LogP contribution in [0, 0.1) is 13.8 Å². The first kappa shape index (κ1) is 18.5. The van der Waals surface area contributed by atoms with E-state index < -0.39 is 10.0 Å². The number of nitrogens with zero attached hydrogens (tertiary/aromatic N) is 1. The third kappa shape index (κ3) is 3.21. The fourth-order valence-corrected chi connectivity index (χ4v) is 4.88. The second kappa shape index (κ2) is 6.76. The van der Waals surface area contributed by atoms with E-state index in [1.807, 2.05) is 39.0 Å². The van der Waals surface area contributed by atoms with Gasteiger partial charge in [-0.1, -0.05) is 18.2 Å². The van der Waals surface area contributed by atoms with Gasteiger partial charge in [-0.05, 0) is 69.0 Å². The molecule has 1 heterocycles. The van der Waals surface area contributed by atoms with Crippen molar-refractivity contribution in [3.05, 3.63) is 58.7 Å². The van der Waals surface area contributed by atoms with Crippen LogP contribution in [0.15, 0.2) is 36.4 Å². The van der Waals surface area contributed by atoms with Gasteiger partial charge in [0.1, 0.15) is 0 Å². The fourth-order valence-electron chi connectivity index (χ4n) is 3.50. The maximum atomic E-state index is 12.7. The van der Waals surface area contributed by atoms with Gasteiger partial charge in [0.05, 0.1) is 11.4 Å². The quantitative estimate of drug-likeness (QED) is 0.891. The normalized spacial score (nSPS) is 16.5. The Kier molecular flexibility index (Phi) is 4.80. The third-order valence-electron chi connectivity index (χ3n) is 4.88. The Balaban J connectivity index is 1.91. The number of fused-ring (bicyclic) bond motifs is 1. The Morgan fingerprint density at radius 1 is 1.19 bits per heavy atom. The number of rotatable bonds is 4. The van der Waals surface area contributed by atoms with Gasteiger partial charge in [0.2, 0.25) is 10.0 Å². The van der Waals surface area contributed by atoms with Crippen molar-refractivity contribution in [1.29, 1.82) is 0 Å². The van der Waals surface area contributed by atoms with Gasteiger partial charge in [0.25, 0.3) is 5.91 Å². The minimum Gasteiger partial charge on any atom is -0.322 e. The predicted octanol–water partition coefficient (Wildman–Crippen LogP) is 3.66. The van der Waals surface area contributed by atoms with Crippen molar-refractivity contribution in [2.24, 2.45) is 0 Å². The number of benzene rings is 2. The molecule has 0 aliphatic carbocycles.